The fourth-order valence-electron chi connectivity index (χ4n) is 4.44. The van der Waals surface area contributed by atoms with Crippen LogP contribution in [0, 0.1) is 0 Å². The molecule has 0 atom stereocenters. The van der Waals surface area contributed by atoms with E-state index in [1.807, 2.05) is 54.6 Å². The van der Waals surface area contributed by atoms with Gasteiger partial charge >= 0.3 is 0 Å². The molecule has 3 aromatic carbocycles. The lowest BCUT2D eigenvalue weighted by Crippen LogP contribution is -2.32. The van der Waals surface area contributed by atoms with Crippen LogP contribution < -0.4 is 10.1 Å². The molecule has 0 spiro atoms. The average molecular weight is 562 g/mol. The summed E-state index contributed by atoms with van der Waals surface area (Å²) < 4.78 is 43.1. The van der Waals surface area contributed by atoms with E-state index in [4.69, 9.17) is 20.8 Å². The number of benzene rings is 3. The van der Waals surface area contributed by atoms with E-state index in [1.165, 1.54) is 4.31 Å². The van der Waals surface area contributed by atoms with Gasteiger partial charge in [0.2, 0.25) is 10.0 Å². The molecule has 1 N–H and O–H groups in total. The van der Waals surface area contributed by atoms with Crippen molar-refractivity contribution in [3.05, 3.63) is 119 Å². The van der Waals surface area contributed by atoms with Gasteiger partial charge in [0.1, 0.15) is 22.2 Å². The van der Waals surface area contributed by atoms with Gasteiger partial charge in [0.05, 0.1) is 43.5 Å². The summed E-state index contributed by atoms with van der Waals surface area (Å²) in [5.41, 5.74) is 2.69. The molecule has 0 fully saturated rings. The maximum atomic E-state index is 14.2. The Hall–Kier alpha value is -4.12. The standard InChI is InChI=1S/C28H24ClN5O4S/c29-22-12-10-20(11-13-22)16-33-18-23(31-32-33)19-34-17-21-5-1-2-8-26(21)38-27-9-3-7-25(28(27)39(34,35)36)30-15-24-6-4-14-37-24/h1-14,18,30H,15-17,19H2. The Morgan fingerprint density at radius 3 is 2.56 bits per heavy atom. The number of para-hydroxylation sites is 1. The molecule has 0 amide bonds. The van der Waals surface area contributed by atoms with Crippen LogP contribution in [0.15, 0.2) is 101 Å². The number of hydrogen-bond acceptors (Lipinski definition) is 7. The number of rotatable bonds is 7. The summed E-state index contributed by atoms with van der Waals surface area (Å²) in [5, 5.41) is 12.3. The number of halogens is 1. The van der Waals surface area contributed by atoms with Gasteiger partial charge in [0.25, 0.3) is 0 Å². The van der Waals surface area contributed by atoms with Crippen molar-refractivity contribution in [3.63, 3.8) is 0 Å². The summed E-state index contributed by atoms with van der Waals surface area (Å²) in [7, 11) is -4.04. The molecule has 6 rings (SSSR count). The largest absolute Gasteiger partial charge is 0.467 e. The van der Waals surface area contributed by atoms with Crippen molar-refractivity contribution in [2.75, 3.05) is 5.32 Å². The predicted octanol–water partition coefficient (Wildman–Crippen LogP) is 5.68. The van der Waals surface area contributed by atoms with Crippen LogP contribution >= 0.6 is 11.6 Å². The van der Waals surface area contributed by atoms with Crippen molar-refractivity contribution in [3.8, 4) is 11.5 Å². The van der Waals surface area contributed by atoms with Gasteiger partial charge in [-0.05, 0) is 48.0 Å². The van der Waals surface area contributed by atoms with Gasteiger partial charge < -0.3 is 14.5 Å². The summed E-state index contributed by atoms with van der Waals surface area (Å²) >= 11 is 5.99. The highest BCUT2D eigenvalue weighted by atomic mass is 35.5. The lowest BCUT2D eigenvalue weighted by Gasteiger charge is -2.28. The molecule has 3 heterocycles. The van der Waals surface area contributed by atoms with E-state index in [0.717, 1.165) is 11.1 Å². The summed E-state index contributed by atoms with van der Waals surface area (Å²) in [6.07, 6.45) is 3.33. The van der Waals surface area contributed by atoms with Crippen LogP contribution in [0.4, 0.5) is 5.69 Å². The van der Waals surface area contributed by atoms with Crippen molar-refractivity contribution >= 4 is 27.3 Å². The van der Waals surface area contributed by atoms with E-state index in [0.29, 0.717) is 41.0 Å². The van der Waals surface area contributed by atoms with Crippen LogP contribution in [-0.4, -0.2) is 27.7 Å². The molecule has 0 unspecified atom stereocenters. The highest BCUT2D eigenvalue weighted by Crippen LogP contribution is 2.41. The first-order valence-electron chi connectivity index (χ1n) is 12.2. The molecule has 2 aromatic heterocycles. The van der Waals surface area contributed by atoms with Crippen LogP contribution in [0.25, 0.3) is 0 Å². The smallest absolute Gasteiger partial charge is 0.249 e. The quantitative estimate of drug-likeness (QED) is 0.272. The minimum atomic E-state index is -4.04. The van der Waals surface area contributed by atoms with Crippen molar-refractivity contribution in [1.29, 1.82) is 0 Å². The fraction of sp³-hybridized carbons (Fsp3) is 0.143. The van der Waals surface area contributed by atoms with Crippen LogP contribution in [-0.2, 0) is 36.2 Å². The Labute approximate surface area is 230 Å². The molecule has 11 heteroatoms. The summed E-state index contributed by atoms with van der Waals surface area (Å²) in [5.74, 6) is 1.51. The molecule has 198 valence electrons. The lowest BCUT2D eigenvalue weighted by molar-refractivity contribution is 0.372. The van der Waals surface area contributed by atoms with Crippen molar-refractivity contribution in [2.45, 2.75) is 31.1 Å². The average Bonchev–Trinajstić information content (AvgIpc) is 3.61. The van der Waals surface area contributed by atoms with Gasteiger partial charge in [-0.2, -0.15) is 4.31 Å². The third-order valence-electron chi connectivity index (χ3n) is 6.33. The van der Waals surface area contributed by atoms with E-state index in [1.54, 1.807) is 41.4 Å². The number of furan rings is 1. The number of aromatic nitrogens is 3. The highest BCUT2D eigenvalue weighted by Gasteiger charge is 2.34. The molecular weight excluding hydrogens is 538 g/mol. The van der Waals surface area contributed by atoms with Crippen molar-refractivity contribution in [2.24, 2.45) is 0 Å². The van der Waals surface area contributed by atoms with Gasteiger partial charge in [-0.3, -0.25) is 0 Å². The monoisotopic (exact) mass is 561 g/mol. The topological polar surface area (TPSA) is 102 Å². The second kappa shape index (κ2) is 10.6. The fourth-order valence-corrected chi connectivity index (χ4v) is 6.22. The van der Waals surface area contributed by atoms with Gasteiger partial charge in [-0.1, -0.05) is 53.2 Å². The van der Waals surface area contributed by atoms with E-state index in [9.17, 15) is 8.42 Å². The maximum absolute atomic E-state index is 14.2. The predicted molar refractivity (Wildman–Crippen MR) is 146 cm³/mol. The molecule has 5 aromatic rings. The molecule has 1 aliphatic rings. The summed E-state index contributed by atoms with van der Waals surface area (Å²) in [6, 6.07) is 23.6. The zero-order valence-corrected chi connectivity index (χ0v) is 22.3. The zero-order chi connectivity index (χ0) is 26.8. The molecule has 0 radical (unpaired) electrons. The number of ether oxygens (including phenoxy) is 1. The number of anilines is 1. The minimum Gasteiger partial charge on any atom is -0.467 e. The molecule has 9 nitrogen and oxygen atoms in total. The number of fused-ring (bicyclic) bond motifs is 2. The number of hydrogen-bond donors (Lipinski definition) is 1. The van der Waals surface area contributed by atoms with Crippen LogP contribution in [0.1, 0.15) is 22.6 Å². The minimum absolute atomic E-state index is 0.0310. The first kappa shape index (κ1) is 25.2. The first-order chi connectivity index (χ1) is 19.0. The SMILES string of the molecule is O=S1(=O)c2c(NCc3ccco3)cccc2Oc2ccccc2CN1Cc1cn(Cc2ccc(Cl)cc2)nn1. The zero-order valence-electron chi connectivity index (χ0n) is 20.7. The van der Waals surface area contributed by atoms with Crippen LogP contribution in [0.3, 0.4) is 0 Å². The van der Waals surface area contributed by atoms with E-state index in [-0.39, 0.29) is 23.7 Å². The van der Waals surface area contributed by atoms with Gasteiger partial charge in [0, 0.05) is 17.1 Å². The van der Waals surface area contributed by atoms with Gasteiger partial charge in [-0.25, -0.2) is 13.1 Å². The maximum Gasteiger partial charge on any atom is 0.249 e. The molecule has 0 bridgehead atoms. The van der Waals surface area contributed by atoms with E-state index >= 15 is 0 Å². The Balaban J connectivity index is 1.34. The Bertz CT molecular complexity index is 1700. The highest BCUT2D eigenvalue weighted by molar-refractivity contribution is 7.89. The second-order valence-corrected chi connectivity index (χ2v) is 11.4. The Morgan fingerprint density at radius 1 is 0.923 bits per heavy atom. The van der Waals surface area contributed by atoms with E-state index < -0.39 is 10.0 Å². The van der Waals surface area contributed by atoms with Crippen molar-refractivity contribution in [1.82, 2.24) is 19.3 Å². The number of sulfonamides is 1. The molecular formula is C28H24ClN5O4S. The van der Waals surface area contributed by atoms with Crippen molar-refractivity contribution < 1.29 is 17.6 Å². The first-order valence-corrected chi connectivity index (χ1v) is 14.1. The van der Waals surface area contributed by atoms with Gasteiger partial charge in [-0.15, -0.1) is 5.10 Å². The lowest BCUT2D eigenvalue weighted by atomic mass is 10.2. The number of nitrogens with one attached hydrogen (secondary N) is 1. The summed E-state index contributed by atoms with van der Waals surface area (Å²) in [6.45, 7) is 0.934. The van der Waals surface area contributed by atoms with Crippen LogP contribution in [0.5, 0.6) is 11.5 Å². The third kappa shape index (κ3) is 5.40. The molecule has 39 heavy (non-hydrogen) atoms. The second-order valence-electron chi connectivity index (χ2n) is 9.08. The normalized spacial score (nSPS) is 14.5. The van der Waals surface area contributed by atoms with Gasteiger partial charge in [0.15, 0.2) is 0 Å². The Kier molecular flexibility index (Phi) is 6.82. The summed E-state index contributed by atoms with van der Waals surface area (Å²) in [4.78, 5) is 0.0552. The van der Waals surface area contributed by atoms with E-state index in [2.05, 4.69) is 15.6 Å². The molecule has 0 aliphatic carbocycles. The Morgan fingerprint density at radius 2 is 1.74 bits per heavy atom. The number of nitrogens with zero attached hydrogens (tertiary/aromatic N) is 4. The van der Waals surface area contributed by atoms with Crippen LogP contribution in [0.2, 0.25) is 5.02 Å². The molecule has 0 saturated heterocycles. The third-order valence-corrected chi connectivity index (χ3v) is 8.46. The molecule has 0 saturated carbocycles. The molecule has 1 aliphatic heterocycles.